The van der Waals surface area contributed by atoms with Crippen LogP contribution in [-0.4, -0.2) is 43.6 Å². The first kappa shape index (κ1) is 14.8. The van der Waals surface area contributed by atoms with E-state index in [2.05, 4.69) is 14.9 Å². The molecule has 1 heterocycles. The molecule has 0 unspecified atom stereocenters. The second kappa shape index (κ2) is 6.70. The van der Waals surface area contributed by atoms with Crippen molar-refractivity contribution < 1.29 is 8.78 Å². The second-order valence-electron chi connectivity index (χ2n) is 5.24. The van der Waals surface area contributed by atoms with Gasteiger partial charge in [0.05, 0.1) is 6.54 Å². The van der Waals surface area contributed by atoms with Gasteiger partial charge >= 0.3 is 0 Å². The molecule has 20 heavy (non-hydrogen) atoms. The summed E-state index contributed by atoms with van der Waals surface area (Å²) in [6.45, 7) is 1.66. The zero-order valence-corrected chi connectivity index (χ0v) is 11.9. The van der Waals surface area contributed by atoms with Crippen LogP contribution in [0, 0.1) is 11.6 Å². The summed E-state index contributed by atoms with van der Waals surface area (Å²) in [6, 6.07) is 3.92. The lowest BCUT2D eigenvalue weighted by molar-refractivity contribution is 0.403. The predicted molar refractivity (Wildman–Crippen MR) is 77.6 cm³/mol. The Bertz CT molecular complexity index is 536. The van der Waals surface area contributed by atoms with E-state index < -0.39 is 11.6 Å². The summed E-state index contributed by atoms with van der Waals surface area (Å²) in [5.74, 6) is -0.942. The van der Waals surface area contributed by atoms with E-state index in [-0.39, 0.29) is 0 Å². The van der Waals surface area contributed by atoms with Gasteiger partial charge in [0.15, 0.2) is 11.6 Å². The Morgan fingerprint density at radius 1 is 1.20 bits per heavy atom. The van der Waals surface area contributed by atoms with Crippen molar-refractivity contribution in [3.8, 4) is 0 Å². The molecule has 108 valence electrons. The van der Waals surface area contributed by atoms with Gasteiger partial charge in [-0.2, -0.15) is 0 Å². The maximum Gasteiger partial charge on any atom is 0.159 e. The van der Waals surface area contributed by atoms with Crippen LogP contribution >= 0.6 is 0 Å². The molecule has 1 aromatic carbocycles. The molecule has 0 saturated carbocycles. The molecule has 0 saturated heterocycles. The number of hydrogen-bond acceptors (Lipinski definition) is 3. The van der Waals surface area contributed by atoms with Gasteiger partial charge < -0.3 is 4.90 Å². The van der Waals surface area contributed by atoms with Crippen molar-refractivity contribution in [2.75, 3.05) is 27.2 Å². The number of amidine groups is 1. The molecule has 1 aliphatic rings. The van der Waals surface area contributed by atoms with Gasteiger partial charge in [0.1, 0.15) is 5.84 Å². The minimum atomic E-state index is -0.824. The van der Waals surface area contributed by atoms with E-state index in [0.717, 1.165) is 31.2 Å². The Morgan fingerprint density at radius 3 is 2.70 bits per heavy atom. The molecule has 3 nitrogen and oxygen atoms in total. The molecule has 2 rings (SSSR count). The van der Waals surface area contributed by atoms with E-state index in [0.29, 0.717) is 24.4 Å². The summed E-state index contributed by atoms with van der Waals surface area (Å²) in [5.41, 5.74) is 1.77. The van der Waals surface area contributed by atoms with Crippen LogP contribution in [-0.2, 0) is 6.42 Å². The van der Waals surface area contributed by atoms with Gasteiger partial charge in [-0.1, -0.05) is 6.07 Å². The highest BCUT2D eigenvalue weighted by Gasteiger charge is 2.12. The number of aliphatic imine (C=N–C) groups is 2. The average Bonchev–Trinajstić information content (AvgIpc) is 2.81. The first-order valence-electron chi connectivity index (χ1n) is 6.73. The molecule has 0 radical (unpaired) electrons. The molecule has 0 atom stereocenters. The van der Waals surface area contributed by atoms with E-state index in [1.165, 1.54) is 6.07 Å². The quantitative estimate of drug-likeness (QED) is 0.787. The average molecular weight is 279 g/mol. The zero-order valence-electron chi connectivity index (χ0n) is 11.9. The summed E-state index contributed by atoms with van der Waals surface area (Å²) in [5, 5.41) is 0. The molecule has 0 aromatic heterocycles. The molecule has 1 aromatic rings. The van der Waals surface area contributed by atoms with Crippen molar-refractivity contribution in [2.24, 2.45) is 9.98 Å². The molecular formula is C15H19F2N3. The van der Waals surface area contributed by atoms with Gasteiger partial charge in [0.25, 0.3) is 0 Å². The van der Waals surface area contributed by atoms with Gasteiger partial charge in [-0.15, -0.1) is 0 Å². The minimum Gasteiger partial charge on any atom is -0.309 e. The molecule has 0 bridgehead atoms. The third-order valence-electron chi connectivity index (χ3n) is 3.15. The highest BCUT2D eigenvalue weighted by Crippen LogP contribution is 2.12. The summed E-state index contributed by atoms with van der Waals surface area (Å²) in [6.07, 6.45) is 2.44. The molecule has 0 fully saturated rings. The smallest absolute Gasteiger partial charge is 0.159 e. The molecule has 0 N–H and O–H groups in total. The lowest BCUT2D eigenvalue weighted by Gasteiger charge is -2.08. The van der Waals surface area contributed by atoms with E-state index in [4.69, 9.17) is 0 Å². The standard InChI is InChI=1S/C15H19F2N3/c1-20(2)7-3-4-12-10-18-15(19-12)9-11-5-6-13(16)14(17)8-11/h5-6,8H,3-4,7,9-10H2,1-2H3. The molecule has 5 heteroatoms. The van der Waals surface area contributed by atoms with Gasteiger partial charge in [0, 0.05) is 12.1 Å². The zero-order chi connectivity index (χ0) is 14.5. The van der Waals surface area contributed by atoms with Crippen LogP contribution in [0.15, 0.2) is 28.2 Å². The molecule has 1 aliphatic heterocycles. The monoisotopic (exact) mass is 279 g/mol. The van der Waals surface area contributed by atoms with Crippen LogP contribution in [0.5, 0.6) is 0 Å². The normalized spacial score (nSPS) is 14.7. The summed E-state index contributed by atoms with van der Waals surface area (Å²) in [4.78, 5) is 10.9. The first-order chi connectivity index (χ1) is 9.54. The van der Waals surface area contributed by atoms with Crippen LogP contribution in [0.4, 0.5) is 8.78 Å². The van der Waals surface area contributed by atoms with Crippen LogP contribution in [0.2, 0.25) is 0 Å². The molecule has 0 amide bonds. The van der Waals surface area contributed by atoms with Crippen molar-refractivity contribution in [2.45, 2.75) is 19.3 Å². The topological polar surface area (TPSA) is 28.0 Å². The highest BCUT2D eigenvalue weighted by atomic mass is 19.2. The summed E-state index contributed by atoms with van der Waals surface area (Å²) in [7, 11) is 4.09. The largest absolute Gasteiger partial charge is 0.309 e. The SMILES string of the molecule is CN(C)CCCC1=NC(Cc2ccc(F)c(F)c2)=NC1. The third kappa shape index (κ3) is 4.20. The maximum atomic E-state index is 13.1. The molecule has 0 aliphatic carbocycles. The molecule has 0 spiro atoms. The maximum absolute atomic E-state index is 13.1. The first-order valence-corrected chi connectivity index (χ1v) is 6.73. The Kier molecular flexibility index (Phi) is 4.95. The lowest BCUT2D eigenvalue weighted by Crippen LogP contribution is -2.14. The fourth-order valence-corrected chi connectivity index (χ4v) is 2.10. The lowest BCUT2D eigenvalue weighted by atomic mass is 10.1. The minimum absolute atomic E-state index is 0.453. The number of nitrogens with zero attached hydrogens (tertiary/aromatic N) is 3. The number of halogens is 2. The summed E-state index contributed by atoms with van der Waals surface area (Å²) < 4.78 is 26.0. The Labute approximate surface area is 118 Å². The number of hydrogen-bond donors (Lipinski definition) is 0. The van der Waals surface area contributed by atoms with E-state index in [1.54, 1.807) is 6.07 Å². The van der Waals surface area contributed by atoms with Crippen LogP contribution in [0.25, 0.3) is 0 Å². The Morgan fingerprint density at radius 2 is 2.00 bits per heavy atom. The molecular weight excluding hydrogens is 260 g/mol. The van der Waals surface area contributed by atoms with Crippen molar-refractivity contribution in [3.63, 3.8) is 0 Å². The van der Waals surface area contributed by atoms with Crippen LogP contribution < -0.4 is 0 Å². The Hall–Kier alpha value is -1.62. The predicted octanol–water partition coefficient (Wildman–Crippen LogP) is 2.70. The van der Waals surface area contributed by atoms with E-state index in [1.807, 2.05) is 14.1 Å². The summed E-state index contributed by atoms with van der Waals surface area (Å²) >= 11 is 0. The Balaban J connectivity index is 1.88. The van der Waals surface area contributed by atoms with Crippen molar-refractivity contribution in [3.05, 3.63) is 35.4 Å². The fraction of sp³-hybridized carbons (Fsp3) is 0.467. The highest BCUT2D eigenvalue weighted by molar-refractivity contribution is 6.04. The van der Waals surface area contributed by atoms with Crippen molar-refractivity contribution in [1.29, 1.82) is 0 Å². The van der Waals surface area contributed by atoms with Crippen LogP contribution in [0.1, 0.15) is 18.4 Å². The number of rotatable bonds is 6. The van der Waals surface area contributed by atoms with Crippen LogP contribution in [0.3, 0.4) is 0 Å². The van der Waals surface area contributed by atoms with Gasteiger partial charge in [-0.25, -0.2) is 13.8 Å². The van der Waals surface area contributed by atoms with Gasteiger partial charge in [-0.05, 0) is 51.2 Å². The fourth-order valence-electron chi connectivity index (χ4n) is 2.10. The third-order valence-corrected chi connectivity index (χ3v) is 3.15. The van der Waals surface area contributed by atoms with E-state index in [9.17, 15) is 8.78 Å². The van der Waals surface area contributed by atoms with Gasteiger partial charge in [0.2, 0.25) is 0 Å². The number of benzene rings is 1. The van der Waals surface area contributed by atoms with Gasteiger partial charge in [-0.3, -0.25) is 4.99 Å². The second-order valence-corrected chi connectivity index (χ2v) is 5.24. The van der Waals surface area contributed by atoms with Crippen molar-refractivity contribution >= 4 is 11.5 Å². The van der Waals surface area contributed by atoms with E-state index >= 15 is 0 Å². The van der Waals surface area contributed by atoms with Crippen molar-refractivity contribution in [1.82, 2.24) is 4.90 Å².